The van der Waals surface area contributed by atoms with Gasteiger partial charge in [-0.05, 0) is 6.42 Å². The SMILES string of the molecule is COC(=O)C1CC(C(=O)O)CO1. The summed E-state index contributed by atoms with van der Waals surface area (Å²) in [5, 5.41) is 8.55. The van der Waals surface area contributed by atoms with E-state index in [-0.39, 0.29) is 13.0 Å². The molecular weight excluding hydrogens is 164 g/mol. The van der Waals surface area contributed by atoms with E-state index in [1.165, 1.54) is 7.11 Å². The van der Waals surface area contributed by atoms with Crippen LogP contribution < -0.4 is 0 Å². The highest BCUT2D eigenvalue weighted by Crippen LogP contribution is 2.20. The molecular formula is C7H10O5. The van der Waals surface area contributed by atoms with Crippen LogP contribution in [-0.2, 0) is 19.1 Å². The van der Waals surface area contributed by atoms with Crippen LogP contribution in [0, 0.1) is 5.92 Å². The zero-order chi connectivity index (χ0) is 9.14. The number of esters is 1. The minimum absolute atomic E-state index is 0.0924. The van der Waals surface area contributed by atoms with Gasteiger partial charge in [0.1, 0.15) is 0 Å². The molecule has 1 aliphatic heterocycles. The number of methoxy groups -OCH3 is 1. The summed E-state index contributed by atoms with van der Waals surface area (Å²) < 4.78 is 9.33. The van der Waals surface area contributed by atoms with E-state index in [2.05, 4.69) is 4.74 Å². The minimum Gasteiger partial charge on any atom is -0.481 e. The van der Waals surface area contributed by atoms with E-state index >= 15 is 0 Å². The lowest BCUT2D eigenvalue weighted by Gasteiger charge is -2.04. The van der Waals surface area contributed by atoms with Gasteiger partial charge in [0.15, 0.2) is 6.10 Å². The van der Waals surface area contributed by atoms with Gasteiger partial charge in [-0.15, -0.1) is 0 Å². The van der Waals surface area contributed by atoms with Gasteiger partial charge in [0.2, 0.25) is 0 Å². The quantitative estimate of drug-likeness (QED) is 0.579. The van der Waals surface area contributed by atoms with Crippen molar-refractivity contribution in [1.29, 1.82) is 0 Å². The second-order valence-electron chi connectivity index (χ2n) is 2.62. The Labute approximate surface area is 69.3 Å². The molecule has 0 amide bonds. The topological polar surface area (TPSA) is 72.8 Å². The molecule has 2 atom stereocenters. The van der Waals surface area contributed by atoms with Crippen LogP contribution in [0.25, 0.3) is 0 Å². The average Bonchev–Trinajstić information content (AvgIpc) is 2.51. The number of carboxylic acids is 1. The first kappa shape index (κ1) is 8.99. The number of rotatable bonds is 2. The fourth-order valence-corrected chi connectivity index (χ4v) is 1.09. The molecule has 1 heterocycles. The molecule has 1 saturated heterocycles. The normalized spacial score (nSPS) is 28.4. The van der Waals surface area contributed by atoms with Crippen LogP contribution in [0.3, 0.4) is 0 Å². The van der Waals surface area contributed by atoms with Crippen molar-refractivity contribution in [1.82, 2.24) is 0 Å². The molecule has 1 aliphatic rings. The Hall–Kier alpha value is -1.10. The Morgan fingerprint density at radius 3 is 2.67 bits per heavy atom. The molecule has 5 heteroatoms. The molecule has 0 aliphatic carbocycles. The maximum Gasteiger partial charge on any atom is 0.334 e. The summed E-state index contributed by atoms with van der Waals surface area (Å²) in [6.07, 6.45) is -0.488. The highest BCUT2D eigenvalue weighted by molar-refractivity contribution is 5.77. The number of ether oxygens (including phenoxy) is 2. The second kappa shape index (κ2) is 3.53. The van der Waals surface area contributed by atoms with Crippen molar-refractivity contribution in [2.75, 3.05) is 13.7 Å². The molecule has 5 nitrogen and oxygen atoms in total. The number of hydrogen-bond acceptors (Lipinski definition) is 4. The predicted octanol–water partition coefficient (Wildman–Crippen LogP) is -0.351. The molecule has 2 unspecified atom stereocenters. The van der Waals surface area contributed by atoms with Crippen LogP contribution in [0.1, 0.15) is 6.42 Å². The third kappa shape index (κ3) is 1.73. The summed E-state index contributed by atoms with van der Waals surface area (Å²) >= 11 is 0. The Balaban J connectivity index is 2.45. The van der Waals surface area contributed by atoms with Crippen LogP contribution >= 0.6 is 0 Å². The van der Waals surface area contributed by atoms with Crippen LogP contribution in [0.15, 0.2) is 0 Å². The van der Waals surface area contributed by atoms with Crippen molar-refractivity contribution in [3.05, 3.63) is 0 Å². The first-order valence-electron chi connectivity index (χ1n) is 3.57. The molecule has 0 aromatic heterocycles. The van der Waals surface area contributed by atoms with Crippen molar-refractivity contribution in [2.45, 2.75) is 12.5 Å². The predicted molar refractivity (Wildman–Crippen MR) is 37.5 cm³/mol. The van der Waals surface area contributed by atoms with Gasteiger partial charge in [-0.2, -0.15) is 0 Å². The summed E-state index contributed by atoms with van der Waals surface area (Å²) in [7, 11) is 1.25. The third-order valence-electron chi connectivity index (χ3n) is 1.81. The first-order chi connectivity index (χ1) is 5.65. The Morgan fingerprint density at radius 2 is 2.25 bits per heavy atom. The van der Waals surface area contributed by atoms with Crippen molar-refractivity contribution < 1.29 is 24.2 Å². The zero-order valence-corrected chi connectivity index (χ0v) is 6.65. The van der Waals surface area contributed by atoms with Gasteiger partial charge in [-0.25, -0.2) is 4.79 Å². The van der Waals surface area contributed by atoms with Crippen LogP contribution in [-0.4, -0.2) is 36.9 Å². The average molecular weight is 174 g/mol. The summed E-state index contributed by atoms with van der Waals surface area (Å²) in [6.45, 7) is 0.0924. The monoisotopic (exact) mass is 174 g/mol. The summed E-state index contributed by atoms with van der Waals surface area (Å²) in [5.41, 5.74) is 0. The standard InChI is InChI=1S/C7H10O5/c1-11-7(10)5-2-4(3-12-5)6(8)9/h4-5H,2-3H2,1H3,(H,8,9). The number of carbonyl (C=O) groups excluding carboxylic acids is 1. The van der Waals surface area contributed by atoms with Crippen molar-refractivity contribution in [2.24, 2.45) is 5.92 Å². The number of carbonyl (C=O) groups is 2. The first-order valence-corrected chi connectivity index (χ1v) is 3.57. The molecule has 1 rings (SSSR count). The van der Waals surface area contributed by atoms with Gasteiger partial charge in [0.05, 0.1) is 19.6 Å². The number of hydrogen-bond donors (Lipinski definition) is 1. The number of carboxylic acid groups (broad SMARTS) is 1. The van der Waals surface area contributed by atoms with Gasteiger partial charge >= 0.3 is 11.9 Å². The molecule has 12 heavy (non-hydrogen) atoms. The van der Waals surface area contributed by atoms with E-state index in [4.69, 9.17) is 9.84 Å². The molecule has 0 aromatic carbocycles. The van der Waals surface area contributed by atoms with Crippen LogP contribution in [0.5, 0.6) is 0 Å². The minimum atomic E-state index is -0.929. The molecule has 0 saturated carbocycles. The van der Waals surface area contributed by atoms with Gasteiger partial charge in [0, 0.05) is 0 Å². The zero-order valence-electron chi connectivity index (χ0n) is 6.65. The van der Waals surface area contributed by atoms with E-state index < -0.39 is 24.0 Å². The highest BCUT2D eigenvalue weighted by atomic mass is 16.6. The Morgan fingerprint density at radius 1 is 1.58 bits per heavy atom. The summed E-state index contributed by atoms with van der Waals surface area (Å²) in [5.74, 6) is -2.01. The molecule has 68 valence electrons. The van der Waals surface area contributed by atoms with Gasteiger partial charge in [0.25, 0.3) is 0 Å². The van der Waals surface area contributed by atoms with E-state index in [1.807, 2.05) is 0 Å². The van der Waals surface area contributed by atoms with Crippen molar-refractivity contribution >= 4 is 11.9 Å². The van der Waals surface area contributed by atoms with Crippen molar-refractivity contribution in [3.63, 3.8) is 0 Å². The van der Waals surface area contributed by atoms with E-state index in [9.17, 15) is 9.59 Å². The van der Waals surface area contributed by atoms with Crippen LogP contribution in [0.4, 0.5) is 0 Å². The van der Waals surface area contributed by atoms with Crippen LogP contribution in [0.2, 0.25) is 0 Å². The molecule has 0 spiro atoms. The Bertz CT molecular complexity index is 200. The molecule has 1 fully saturated rings. The lowest BCUT2D eigenvalue weighted by molar-refractivity contribution is -0.151. The lowest BCUT2D eigenvalue weighted by atomic mass is 10.1. The smallest absolute Gasteiger partial charge is 0.334 e. The highest BCUT2D eigenvalue weighted by Gasteiger charge is 2.35. The molecule has 1 N–H and O–H groups in total. The van der Waals surface area contributed by atoms with Gasteiger partial charge in [-0.1, -0.05) is 0 Å². The largest absolute Gasteiger partial charge is 0.481 e. The fourth-order valence-electron chi connectivity index (χ4n) is 1.09. The summed E-state index contributed by atoms with van der Waals surface area (Å²) in [4.78, 5) is 21.3. The lowest BCUT2D eigenvalue weighted by Crippen LogP contribution is -2.21. The fraction of sp³-hybridized carbons (Fsp3) is 0.714. The van der Waals surface area contributed by atoms with Crippen molar-refractivity contribution in [3.8, 4) is 0 Å². The second-order valence-corrected chi connectivity index (χ2v) is 2.62. The number of aliphatic carboxylic acids is 1. The molecule has 0 radical (unpaired) electrons. The van der Waals surface area contributed by atoms with Gasteiger partial charge in [-0.3, -0.25) is 4.79 Å². The Kier molecular flexibility index (Phi) is 2.65. The summed E-state index contributed by atoms with van der Waals surface area (Å²) in [6, 6.07) is 0. The molecule has 0 aromatic rings. The van der Waals surface area contributed by atoms with E-state index in [0.717, 1.165) is 0 Å². The van der Waals surface area contributed by atoms with E-state index in [0.29, 0.717) is 0 Å². The van der Waals surface area contributed by atoms with Gasteiger partial charge < -0.3 is 14.6 Å². The van der Waals surface area contributed by atoms with E-state index in [1.54, 1.807) is 0 Å². The maximum atomic E-state index is 10.8. The third-order valence-corrected chi connectivity index (χ3v) is 1.81. The molecule has 0 bridgehead atoms. The maximum absolute atomic E-state index is 10.8.